The number of nitrogens with zero attached hydrogens (tertiary/aromatic N) is 4. The summed E-state index contributed by atoms with van der Waals surface area (Å²) in [6.07, 6.45) is 4.06. The van der Waals surface area contributed by atoms with Gasteiger partial charge in [-0.25, -0.2) is 9.97 Å². The van der Waals surface area contributed by atoms with E-state index >= 15 is 0 Å². The van der Waals surface area contributed by atoms with Gasteiger partial charge in [0.15, 0.2) is 5.82 Å². The molecule has 0 saturated heterocycles. The van der Waals surface area contributed by atoms with Crippen molar-refractivity contribution in [2.45, 2.75) is 13.0 Å². The Hall–Kier alpha value is -3.42. The number of nitrogens with two attached hydrogens (primary N) is 1. The lowest BCUT2D eigenvalue weighted by atomic mass is 10.1. The van der Waals surface area contributed by atoms with Crippen LogP contribution in [0.1, 0.15) is 32.4 Å². The minimum Gasteiger partial charge on any atom is -0.366 e. The number of primary amides is 1. The molecule has 2 aromatic heterocycles. The summed E-state index contributed by atoms with van der Waals surface area (Å²) < 4.78 is 1.72. The Bertz CT molecular complexity index is 986. The fraction of sp³-hybridized carbons (Fsp3) is 0.222. The number of imidazole rings is 2. The Balaban J connectivity index is 1.56. The van der Waals surface area contributed by atoms with Crippen molar-refractivity contribution in [2.24, 2.45) is 12.8 Å². The molecule has 1 aliphatic rings. The van der Waals surface area contributed by atoms with Gasteiger partial charge in [0, 0.05) is 43.5 Å². The van der Waals surface area contributed by atoms with Gasteiger partial charge in [0.2, 0.25) is 5.91 Å². The number of amides is 2. The largest absolute Gasteiger partial charge is 0.366 e. The molecule has 0 unspecified atom stereocenters. The molecule has 0 spiro atoms. The summed E-state index contributed by atoms with van der Waals surface area (Å²) in [5.41, 5.74) is 8.48. The molecule has 0 bridgehead atoms. The standard InChI is InChI=1S/C18H18N6O2/c1-23-9-7-20-17(23)18(26)24-8-6-13-14(10-24)22-16(21-13)12-4-2-11(3-5-12)15(19)25/h2-5,7,9H,6,8,10H2,1H3,(H2,19,25)(H,21,22). The summed E-state index contributed by atoms with van der Waals surface area (Å²) in [5.74, 6) is 0.594. The van der Waals surface area contributed by atoms with E-state index in [-0.39, 0.29) is 5.91 Å². The third-order valence-electron chi connectivity index (χ3n) is 4.57. The van der Waals surface area contributed by atoms with Crippen molar-refractivity contribution in [2.75, 3.05) is 6.54 Å². The van der Waals surface area contributed by atoms with E-state index in [9.17, 15) is 9.59 Å². The second-order valence-corrected chi connectivity index (χ2v) is 6.29. The van der Waals surface area contributed by atoms with Crippen LogP contribution in [0.25, 0.3) is 11.4 Å². The number of carbonyl (C=O) groups excluding carboxylic acids is 2. The smallest absolute Gasteiger partial charge is 0.290 e. The molecule has 8 nitrogen and oxygen atoms in total. The lowest BCUT2D eigenvalue weighted by Gasteiger charge is -2.25. The van der Waals surface area contributed by atoms with Crippen molar-refractivity contribution >= 4 is 11.8 Å². The SMILES string of the molecule is Cn1ccnc1C(=O)N1CCc2nc(-c3ccc(C(N)=O)cc3)[nH]c2C1. The van der Waals surface area contributed by atoms with Crippen molar-refractivity contribution in [1.29, 1.82) is 0 Å². The zero-order chi connectivity index (χ0) is 18.3. The molecule has 0 aliphatic carbocycles. The third kappa shape index (κ3) is 2.75. The quantitative estimate of drug-likeness (QED) is 0.737. The van der Waals surface area contributed by atoms with Crippen LogP contribution in [0.15, 0.2) is 36.7 Å². The number of carbonyl (C=O) groups is 2. The van der Waals surface area contributed by atoms with Crippen molar-refractivity contribution in [3.63, 3.8) is 0 Å². The first-order chi connectivity index (χ1) is 12.5. The van der Waals surface area contributed by atoms with Gasteiger partial charge in [-0.05, 0) is 12.1 Å². The fourth-order valence-electron chi connectivity index (χ4n) is 3.11. The van der Waals surface area contributed by atoms with Crippen molar-refractivity contribution < 1.29 is 9.59 Å². The molecular formula is C18H18N6O2. The maximum atomic E-state index is 12.6. The Labute approximate surface area is 149 Å². The van der Waals surface area contributed by atoms with Crippen LogP contribution < -0.4 is 5.73 Å². The average Bonchev–Trinajstić information content (AvgIpc) is 3.26. The van der Waals surface area contributed by atoms with Crippen LogP contribution in [0.4, 0.5) is 0 Å². The number of aromatic amines is 1. The van der Waals surface area contributed by atoms with Gasteiger partial charge < -0.3 is 20.2 Å². The van der Waals surface area contributed by atoms with Crippen molar-refractivity contribution in [3.05, 3.63) is 59.4 Å². The Morgan fingerprint density at radius 1 is 1.23 bits per heavy atom. The van der Waals surface area contributed by atoms with Gasteiger partial charge >= 0.3 is 0 Å². The number of aromatic nitrogens is 4. The highest BCUT2D eigenvalue weighted by molar-refractivity contribution is 5.93. The molecule has 132 valence electrons. The number of rotatable bonds is 3. The van der Waals surface area contributed by atoms with E-state index in [1.54, 1.807) is 53.2 Å². The monoisotopic (exact) mass is 350 g/mol. The van der Waals surface area contributed by atoms with Gasteiger partial charge in [0.1, 0.15) is 5.82 Å². The normalized spacial score (nSPS) is 13.5. The number of hydrogen-bond acceptors (Lipinski definition) is 4. The molecule has 4 rings (SSSR count). The summed E-state index contributed by atoms with van der Waals surface area (Å²) in [7, 11) is 1.81. The van der Waals surface area contributed by atoms with Gasteiger partial charge in [0.25, 0.3) is 5.91 Å². The van der Waals surface area contributed by atoms with Gasteiger partial charge in [0.05, 0.1) is 17.9 Å². The van der Waals surface area contributed by atoms with Crippen LogP contribution in [-0.2, 0) is 20.0 Å². The first-order valence-corrected chi connectivity index (χ1v) is 8.27. The van der Waals surface area contributed by atoms with Gasteiger partial charge in [-0.1, -0.05) is 12.1 Å². The molecule has 0 radical (unpaired) electrons. The van der Waals surface area contributed by atoms with Crippen molar-refractivity contribution in [3.8, 4) is 11.4 Å². The van der Waals surface area contributed by atoms with Crippen LogP contribution in [0, 0.1) is 0 Å². The number of aryl methyl sites for hydroxylation is 1. The Morgan fingerprint density at radius 3 is 2.65 bits per heavy atom. The Kier molecular flexibility index (Phi) is 3.80. The first kappa shape index (κ1) is 16.1. The van der Waals surface area contributed by atoms with E-state index in [1.165, 1.54) is 0 Å². The summed E-state index contributed by atoms with van der Waals surface area (Å²) in [5, 5.41) is 0. The lowest BCUT2D eigenvalue weighted by molar-refractivity contribution is 0.0715. The van der Waals surface area contributed by atoms with Crippen LogP contribution in [0.5, 0.6) is 0 Å². The predicted molar refractivity (Wildman–Crippen MR) is 94.2 cm³/mol. The molecule has 0 saturated carbocycles. The van der Waals surface area contributed by atoms with Gasteiger partial charge in [-0.2, -0.15) is 0 Å². The number of H-pyrrole nitrogens is 1. The molecule has 1 aliphatic heterocycles. The number of benzene rings is 1. The molecule has 26 heavy (non-hydrogen) atoms. The second-order valence-electron chi connectivity index (χ2n) is 6.29. The van der Waals surface area contributed by atoms with E-state index in [1.807, 2.05) is 0 Å². The minimum absolute atomic E-state index is 0.0925. The Morgan fingerprint density at radius 2 is 2.00 bits per heavy atom. The van der Waals surface area contributed by atoms with Crippen LogP contribution in [0.2, 0.25) is 0 Å². The van der Waals surface area contributed by atoms with Crippen LogP contribution in [-0.4, -0.2) is 42.8 Å². The molecule has 1 aromatic carbocycles. The summed E-state index contributed by atoms with van der Waals surface area (Å²) in [4.78, 5) is 37.6. The molecule has 3 heterocycles. The van der Waals surface area contributed by atoms with E-state index in [4.69, 9.17) is 5.73 Å². The maximum absolute atomic E-state index is 12.6. The van der Waals surface area contributed by atoms with E-state index < -0.39 is 5.91 Å². The zero-order valence-corrected chi connectivity index (χ0v) is 14.3. The molecule has 0 fully saturated rings. The molecule has 2 amide bonds. The number of fused-ring (bicyclic) bond motifs is 1. The van der Waals surface area contributed by atoms with Crippen LogP contribution in [0.3, 0.4) is 0 Å². The predicted octanol–water partition coefficient (Wildman–Crippen LogP) is 1.11. The van der Waals surface area contributed by atoms with E-state index in [0.717, 1.165) is 22.8 Å². The van der Waals surface area contributed by atoms with Crippen molar-refractivity contribution in [1.82, 2.24) is 24.4 Å². The highest BCUT2D eigenvalue weighted by Crippen LogP contribution is 2.23. The third-order valence-corrected chi connectivity index (χ3v) is 4.57. The fourth-order valence-corrected chi connectivity index (χ4v) is 3.11. The molecule has 8 heteroatoms. The highest BCUT2D eigenvalue weighted by Gasteiger charge is 2.26. The minimum atomic E-state index is -0.460. The molecular weight excluding hydrogens is 332 g/mol. The topological polar surface area (TPSA) is 110 Å². The summed E-state index contributed by atoms with van der Waals surface area (Å²) in [6.45, 7) is 1.07. The average molecular weight is 350 g/mol. The maximum Gasteiger partial charge on any atom is 0.290 e. The van der Waals surface area contributed by atoms with Gasteiger partial charge in [-0.3, -0.25) is 9.59 Å². The lowest BCUT2D eigenvalue weighted by Crippen LogP contribution is -2.37. The zero-order valence-electron chi connectivity index (χ0n) is 14.3. The number of nitrogens with one attached hydrogen (secondary N) is 1. The highest BCUT2D eigenvalue weighted by atomic mass is 16.2. The van der Waals surface area contributed by atoms with Gasteiger partial charge in [-0.15, -0.1) is 0 Å². The van der Waals surface area contributed by atoms with Crippen LogP contribution >= 0.6 is 0 Å². The number of hydrogen-bond donors (Lipinski definition) is 2. The molecule has 3 N–H and O–H groups in total. The van der Waals surface area contributed by atoms with E-state index in [2.05, 4.69) is 15.0 Å². The second kappa shape index (κ2) is 6.14. The summed E-state index contributed by atoms with van der Waals surface area (Å²) >= 11 is 0. The molecule has 3 aromatic rings. The van der Waals surface area contributed by atoms with E-state index in [0.29, 0.717) is 30.9 Å². The summed E-state index contributed by atoms with van der Waals surface area (Å²) in [6, 6.07) is 6.97. The molecule has 0 atom stereocenters. The first-order valence-electron chi connectivity index (χ1n) is 8.27.